The first-order valence-corrected chi connectivity index (χ1v) is 15.0. The quantitative estimate of drug-likeness (QED) is 0.484. The normalized spacial score (nSPS) is 32.8. The molecular weight excluding hydrogens is 484 g/mol. The summed E-state index contributed by atoms with van der Waals surface area (Å²) in [4.78, 5) is 46.8. The summed E-state index contributed by atoms with van der Waals surface area (Å²) in [5.74, 6) is 0.620. The van der Waals surface area contributed by atoms with E-state index >= 15 is 0 Å². The van der Waals surface area contributed by atoms with Gasteiger partial charge in [-0.05, 0) is 63.7 Å². The maximum atomic E-state index is 11.9. The fraction of sp³-hybridized carbons (Fsp3) is 0.867. The molecule has 4 fully saturated rings. The minimum absolute atomic E-state index is 0.0550. The number of likely N-dealkylation sites (tertiary alicyclic amines) is 1. The predicted octanol–water partition coefficient (Wildman–Crippen LogP) is 4.48. The molecule has 0 aromatic carbocycles. The van der Waals surface area contributed by atoms with Gasteiger partial charge in [0.25, 0.3) is 0 Å². The number of aliphatic hydroxyl groups is 1. The molecule has 5 atom stereocenters. The van der Waals surface area contributed by atoms with E-state index in [9.17, 15) is 19.2 Å². The molecule has 0 spiro atoms. The molecule has 2 aliphatic heterocycles. The third-order valence-corrected chi connectivity index (χ3v) is 9.18. The van der Waals surface area contributed by atoms with Crippen molar-refractivity contribution in [1.82, 2.24) is 10.2 Å². The first-order chi connectivity index (χ1) is 18.0. The summed E-state index contributed by atoms with van der Waals surface area (Å²) < 4.78 is 5.74. The van der Waals surface area contributed by atoms with E-state index in [1.54, 1.807) is 18.7 Å². The van der Waals surface area contributed by atoms with E-state index < -0.39 is 0 Å². The van der Waals surface area contributed by atoms with Crippen LogP contribution in [0, 0.1) is 35.5 Å². The molecule has 4 amide bonds. The van der Waals surface area contributed by atoms with Crippen LogP contribution in [0.25, 0.3) is 0 Å². The molecule has 0 aromatic heterocycles. The lowest BCUT2D eigenvalue weighted by Gasteiger charge is -2.29. The number of ether oxygens (including phenoxy) is 1. The van der Waals surface area contributed by atoms with E-state index in [2.05, 4.69) is 19.2 Å². The molecule has 2 heterocycles. The Labute approximate surface area is 229 Å². The fourth-order valence-corrected chi connectivity index (χ4v) is 5.48. The fourth-order valence-electron chi connectivity index (χ4n) is 5.48. The summed E-state index contributed by atoms with van der Waals surface area (Å²) in [5.41, 5.74) is 0. The van der Waals surface area contributed by atoms with Gasteiger partial charge >= 0.3 is 0 Å². The first kappa shape index (κ1) is 32.4. The molecule has 0 radical (unpaired) electrons. The molecule has 0 bridgehead atoms. The Morgan fingerprint density at radius 1 is 0.789 bits per heavy atom. The maximum absolute atomic E-state index is 11.9. The smallest absolute Gasteiger partial charge is 0.233 e. The number of nitrogens with one attached hydrogen (secondary N) is 1. The highest BCUT2D eigenvalue weighted by Crippen LogP contribution is 2.32. The summed E-state index contributed by atoms with van der Waals surface area (Å²) in [6, 6.07) is 0.200. The van der Waals surface area contributed by atoms with Crippen LogP contribution in [0.4, 0.5) is 0 Å². The van der Waals surface area contributed by atoms with E-state index in [4.69, 9.17) is 9.84 Å². The van der Waals surface area contributed by atoms with Gasteiger partial charge in [0, 0.05) is 42.9 Å². The van der Waals surface area contributed by atoms with Gasteiger partial charge in [-0.2, -0.15) is 0 Å². The number of hydrogen-bond acceptors (Lipinski definition) is 6. The number of imide groups is 2. The summed E-state index contributed by atoms with van der Waals surface area (Å²) in [7, 11) is 0. The van der Waals surface area contributed by atoms with Crippen LogP contribution in [0.2, 0.25) is 0 Å². The molecule has 8 heteroatoms. The minimum atomic E-state index is -0.146. The lowest BCUT2D eigenvalue weighted by Crippen LogP contribution is -2.41. The number of carbonyl (C=O) groups is 4. The Morgan fingerprint density at radius 3 is 1.66 bits per heavy atom. The Kier molecular flexibility index (Phi) is 13.4. The Balaban J connectivity index is 0.000000207. The lowest BCUT2D eigenvalue weighted by atomic mass is 9.83. The summed E-state index contributed by atoms with van der Waals surface area (Å²) in [6.07, 6.45) is 11.9. The first-order valence-electron chi connectivity index (χ1n) is 15.0. The number of carbonyl (C=O) groups excluding carboxylic acids is 4. The second kappa shape index (κ2) is 15.7. The average molecular weight is 537 g/mol. The SMILES string of the molecule is CC1C(=O)N(C2CCCCC2)C(=O)C1C.CC1C(=O)NC(=O)C1C.CCC(C)OCC1CCC(CO)CC1. The zero-order chi connectivity index (χ0) is 28.4. The van der Waals surface area contributed by atoms with Crippen molar-refractivity contribution in [2.24, 2.45) is 35.5 Å². The van der Waals surface area contributed by atoms with Crippen LogP contribution in [-0.4, -0.2) is 59.0 Å². The summed E-state index contributed by atoms with van der Waals surface area (Å²) in [6.45, 7) is 12.8. The van der Waals surface area contributed by atoms with Crippen LogP contribution >= 0.6 is 0 Å². The van der Waals surface area contributed by atoms with Crippen molar-refractivity contribution in [3.05, 3.63) is 0 Å². The summed E-state index contributed by atoms with van der Waals surface area (Å²) >= 11 is 0. The van der Waals surface area contributed by atoms with Gasteiger partial charge < -0.3 is 9.84 Å². The average Bonchev–Trinajstić information content (AvgIpc) is 3.28. The Morgan fingerprint density at radius 2 is 1.26 bits per heavy atom. The highest BCUT2D eigenvalue weighted by molar-refractivity contribution is 6.05. The van der Waals surface area contributed by atoms with E-state index in [1.165, 1.54) is 32.1 Å². The Hall–Kier alpha value is -1.80. The number of hydrogen-bond donors (Lipinski definition) is 2. The van der Waals surface area contributed by atoms with E-state index in [1.807, 2.05) is 13.8 Å². The number of aliphatic hydroxyl groups excluding tert-OH is 1. The van der Waals surface area contributed by atoms with E-state index in [0.717, 1.165) is 44.6 Å². The second-order valence-electron chi connectivity index (χ2n) is 12.0. The predicted molar refractivity (Wildman–Crippen MR) is 147 cm³/mol. The van der Waals surface area contributed by atoms with Crippen molar-refractivity contribution >= 4 is 23.6 Å². The highest BCUT2D eigenvalue weighted by Gasteiger charge is 2.45. The molecule has 0 aromatic rings. The standard InChI is InChI=1S/C12H19NO2.C12H24O2.C6H9NO2/c1-8-9(2)12(15)13(11(8)14)10-6-4-3-5-7-10;1-3-10(2)14-9-12-6-4-11(8-13)5-7-12;1-3-4(2)6(9)7-5(3)8/h8-10H,3-7H2,1-2H3;10-13H,3-9H2,1-2H3;3-4H,1-2H3,(H,7,8,9). The number of rotatable bonds is 6. The van der Waals surface area contributed by atoms with Crippen molar-refractivity contribution in [2.45, 2.75) is 118 Å². The van der Waals surface area contributed by atoms with Gasteiger partial charge in [0.15, 0.2) is 0 Å². The molecule has 2 aliphatic carbocycles. The van der Waals surface area contributed by atoms with Crippen molar-refractivity contribution in [1.29, 1.82) is 0 Å². The topological polar surface area (TPSA) is 113 Å². The molecule has 4 rings (SSSR count). The zero-order valence-electron chi connectivity index (χ0n) is 24.5. The Bertz CT molecular complexity index is 750. The molecule has 2 saturated heterocycles. The molecule has 8 nitrogen and oxygen atoms in total. The van der Waals surface area contributed by atoms with Crippen LogP contribution in [0.5, 0.6) is 0 Å². The van der Waals surface area contributed by atoms with Crippen molar-refractivity contribution in [3.8, 4) is 0 Å². The second-order valence-corrected chi connectivity index (χ2v) is 12.0. The maximum Gasteiger partial charge on any atom is 0.233 e. The summed E-state index contributed by atoms with van der Waals surface area (Å²) in [5, 5.41) is 11.2. The minimum Gasteiger partial charge on any atom is -0.396 e. The van der Waals surface area contributed by atoms with Gasteiger partial charge in [-0.15, -0.1) is 0 Å². The third-order valence-electron chi connectivity index (χ3n) is 9.18. The molecule has 2 saturated carbocycles. The van der Waals surface area contributed by atoms with Gasteiger partial charge in [-0.1, -0.05) is 53.9 Å². The van der Waals surface area contributed by atoms with Crippen molar-refractivity contribution in [2.75, 3.05) is 13.2 Å². The largest absolute Gasteiger partial charge is 0.396 e. The van der Waals surface area contributed by atoms with Gasteiger partial charge in [0.05, 0.1) is 6.10 Å². The lowest BCUT2D eigenvalue weighted by molar-refractivity contribution is -0.143. The third kappa shape index (κ3) is 8.87. The van der Waals surface area contributed by atoms with Crippen LogP contribution in [-0.2, 0) is 23.9 Å². The van der Waals surface area contributed by atoms with E-state index in [0.29, 0.717) is 18.6 Å². The molecule has 218 valence electrons. The van der Waals surface area contributed by atoms with Crippen LogP contribution in [0.15, 0.2) is 0 Å². The number of nitrogens with zero attached hydrogens (tertiary/aromatic N) is 1. The van der Waals surface area contributed by atoms with Gasteiger partial charge in [0.2, 0.25) is 23.6 Å². The monoisotopic (exact) mass is 536 g/mol. The van der Waals surface area contributed by atoms with Gasteiger partial charge in [0.1, 0.15) is 0 Å². The zero-order valence-corrected chi connectivity index (χ0v) is 24.5. The highest BCUT2D eigenvalue weighted by atomic mass is 16.5. The van der Waals surface area contributed by atoms with Crippen LogP contribution < -0.4 is 5.32 Å². The van der Waals surface area contributed by atoms with Crippen LogP contribution in [0.1, 0.15) is 106 Å². The molecular formula is C30H52N2O6. The molecule has 2 N–H and O–H groups in total. The van der Waals surface area contributed by atoms with Gasteiger partial charge in [-0.25, -0.2) is 0 Å². The van der Waals surface area contributed by atoms with Gasteiger partial charge in [-0.3, -0.25) is 29.4 Å². The van der Waals surface area contributed by atoms with Crippen molar-refractivity contribution in [3.63, 3.8) is 0 Å². The van der Waals surface area contributed by atoms with Crippen molar-refractivity contribution < 1.29 is 29.0 Å². The van der Waals surface area contributed by atoms with Crippen LogP contribution in [0.3, 0.4) is 0 Å². The molecule has 4 aliphatic rings. The molecule has 38 heavy (non-hydrogen) atoms. The van der Waals surface area contributed by atoms with E-state index in [-0.39, 0.29) is 53.3 Å². The molecule has 5 unspecified atom stereocenters. The number of amides is 4.